The van der Waals surface area contributed by atoms with Gasteiger partial charge in [-0.25, -0.2) is 4.98 Å². The van der Waals surface area contributed by atoms with Crippen molar-refractivity contribution in [3.05, 3.63) is 108 Å². The first-order chi connectivity index (χ1) is 15.8. The van der Waals surface area contributed by atoms with Gasteiger partial charge >= 0.3 is 0 Å². The largest absolute Gasteiger partial charge is 0.337 e. The summed E-state index contributed by atoms with van der Waals surface area (Å²) in [7, 11) is 0. The third kappa shape index (κ3) is 4.30. The molecule has 1 atom stereocenters. The van der Waals surface area contributed by atoms with Gasteiger partial charge in [0.1, 0.15) is 5.65 Å². The normalized spacial score (nSPS) is 14.7. The molecule has 1 N–H and O–H groups in total. The molecule has 1 unspecified atom stereocenters. The smallest absolute Gasteiger partial charge is 0.274 e. The van der Waals surface area contributed by atoms with Crippen LogP contribution in [0, 0.1) is 0 Å². The van der Waals surface area contributed by atoms with E-state index in [1.165, 1.54) is 11.1 Å². The van der Waals surface area contributed by atoms with Crippen LogP contribution in [0.1, 0.15) is 46.2 Å². The number of aromatic nitrogens is 2. The zero-order valence-electron chi connectivity index (χ0n) is 18.2. The Hall–Kier alpha value is -3.44. The molecule has 1 fully saturated rings. The van der Waals surface area contributed by atoms with Crippen LogP contribution in [0.5, 0.6) is 0 Å². The number of hydrogen-bond donors (Lipinski definition) is 1. The lowest BCUT2D eigenvalue weighted by molar-refractivity contribution is 0.0786. The number of benzene rings is 2. The fraction of sp³-hybridized carbons (Fsp3) is 0.259. The summed E-state index contributed by atoms with van der Waals surface area (Å²) in [6.45, 7) is 2.20. The van der Waals surface area contributed by atoms with Gasteiger partial charge in [-0.15, -0.1) is 0 Å². The van der Waals surface area contributed by atoms with Crippen molar-refractivity contribution in [3.63, 3.8) is 0 Å². The van der Waals surface area contributed by atoms with Gasteiger partial charge in [-0.3, -0.25) is 4.79 Å². The number of imidazole rings is 1. The third-order valence-corrected chi connectivity index (χ3v) is 6.23. The molecule has 0 spiro atoms. The van der Waals surface area contributed by atoms with Gasteiger partial charge < -0.3 is 14.6 Å². The first-order valence-electron chi connectivity index (χ1n) is 11.4. The molecule has 5 nitrogen and oxygen atoms in total. The Morgan fingerprint density at radius 2 is 1.59 bits per heavy atom. The summed E-state index contributed by atoms with van der Waals surface area (Å²) in [5, 5.41) is 3.73. The molecule has 0 radical (unpaired) electrons. The van der Waals surface area contributed by atoms with E-state index in [-0.39, 0.29) is 11.9 Å². The Kier molecular flexibility index (Phi) is 5.99. The zero-order chi connectivity index (χ0) is 21.8. The van der Waals surface area contributed by atoms with E-state index in [9.17, 15) is 4.79 Å². The molecule has 1 aliphatic rings. The van der Waals surface area contributed by atoms with Crippen molar-refractivity contribution in [3.8, 4) is 0 Å². The van der Waals surface area contributed by atoms with Crippen molar-refractivity contribution < 1.29 is 4.79 Å². The first kappa shape index (κ1) is 20.5. The van der Waals surface area contributed by atoms with E-state index in [1.807, 2.05) is 45.8 Å². The van der Waals surface area contributed by atoms with Crippen LogP contribution in [-0.4, -0.2) is 33.3 Å². The van der Waals surface area contributed by atoms with Crippen molar-refractivity contribution in [1.29, 1.82) is 0 Å². The van der Waals surface area contributed by atoms with Crippen LogP contribution in [0.25, 0.3) is 5.65 Å². The van der Waals surface area contributed by atoms with E-state index in [0.717, 1.165) is 43.7 Å². The minimum absolute atomic E-state index is 0.0438. The Morgan fingerprint density at radius 1 is 0.906 bits per heavy atom. The number of pyridine rings is 1. The molecule has 162 valence electrons. The molecule has 32 heavy (non-hydrogen) atoms. The molecule has 5 rings (SSSR count). The SMILES string of the molecule is O=C(c1nc2ccccn2c1CNC(Cc1ccccc1)c1ccccc1)N1CCCC1. The van der Waals surface area contributed by atoms with Crippen LogP contribution in [0.3, 0.4) is 0 Å². The fourth-order valence-electron chi connectivity index (χ4n) is 4.52. The van der Waals surface area contributed by atoms with Gasteiger partial charge in [0, 0.05) is 31.9 Å². The summed E-state index contributed by atoms with van der Waals surface area (Å²) < 4.78 is 2.04. The Balaban J connectivity index is 1.45. The van der Waals surface area contributed by atoms with Gasteiger partial charge in [0.2, 0.25) is 0 Å². The van der Waals surface area contributed by atoms with Gasteiger partial charge in [-0.1, -0.05) is 66.7 Å². The van der Waals surface area contributed by atoms with Crippen LogP contribution in [-0.2, 0) is 13.0 Å². The van der Waals surface area contributed by atoms with Crippen LogP contribution in [0.4, 0.5) is 0 Å². The molecule has 2 aromatic carbocycles. The molecule has 4 aromatic rings. The number of nitrogens with one attached hydrogen (secondary N) is 1. The quantitative estimate of drug-likeness (QED) is 0.470. The van der Waals surface area contributed by atoms with E-state index in [1.54, 1.807) is 0 Å². The number of carbonyl (C=O) groups is 1. The van der Waals surface area contributed by atoms with Crippen molar-refractivity contribution in [2.45, 2.75) is 31.8 Å². The predicted octanol–water partition coefficient (Wildman–Crippen LogP) is 4.64. The van der Waals surface area contributed by atoms with Crippen molar-refractivity contribution in [2.24, 2.45) is 0 Å². The van der Waals surface area contributed by atoms with E-state index in [0.29, 0.717) is 12.2 Å². The molecule has 0 bridgehead atoms. The molecule has 5 heteroatoms. The van der Waals surface area contributed by atoms with Gasteiger partial charge in [0.15, 0.2) is 5.69 Å². The summed E-state index contributed by atoms with van der Waals surface area (Å²) in [4.78, 5) is 19.9. The molecule has 0 saturated carbocycles. The summed E-state index contributed by atoms with van der Waals surface area (Å²) >= 11 is 0. The second-order valence-corrected chi connectivity index (χ2v) is 8.37. The monoisotopic (exact) mass is 424 g/mol. The van der Waals surface area contributed by atoms with Gasteiger partial charge in [-0.2, -0.15) is 0 Å². The molecule has 1 amide bonds. The van der Waals surface area contributed by atoms with Gasteiger partial charge in [0.05, 0.1) is 5.69 Å². The number of amides is 1. The van der Waals surface area contributed by atoms with Gasteiger partial charge in [0.25, 0.3) is 5.91 Å². The molecular formula is C27H28N4O. The molecule has 0 aliphatic carbocycles. The summed E-state index contributed by atoms with van der Waals surface area (Å²) in [5.74, 6) is 0.0438. The predicted molar refractivity (Wildman–Crippen MR) is 126 cm³/mol. The number of carbonyl (C=O) groups excluding carboxylic acids is 1. The molecule has 1 aliphatic heterocycles. The number of hydrogen-bond acceptors (Lipinski definition) is 3. The van der Waals surface area contributed by atoms with E-state index >= 15 is 0 Å². The number of nitrogens with zero attached hydrogens (tertiary/aromatic N) is 3. The van der Waals surface area contributed by atoms with Crippen molar-refractivity contribution in [2.75, 3.05) is 13.1 Å². The highest BCUT2D eigenvalue weighted by Gasteiger charge is 2.26. The van der Waals surface area contributed by atoms with Crippen molar-refractivity contribution in [1.82, 2.24) is 19.6 Å². The summed E-state index contributed by atoms with van der Waals surface area (Å²) in [5.41, 5.74) is 4.81. The number of rotatable bonds is 7. The van der Waals surface area contributed by atoms with E-state index in [2.05, 4.69) is 53.8 Å². The van der Waals surface area contributed by atoms with Crippen molar-refractivity contribution >= 4 is 11.6 Å². The molecular weight excluding hydrogens is 396 g/mol. The Morgan fingerprint density at radius 3 is 2.34 bits per heavy atom. The topological polar surface area (TPSA) is 49.6 Å². The number of likely N-dealkylation sites (tertiary alicyclic amines) is 1. The lowest BCUT2D eigenvalue weighted by Crippen LogP contribution is -2.30. The highest BCUT2D eigenvalue weighted by atomic mass is 16.2. The van der Waals surface area contributed by atoms with Crippen LogP contribution in [0.2, 0.25) is 0 Å². The Labute approximate surface area is 188 Å². The minimum Gasteiger partial charge on any atom is -0.337 e. The maximum Gasteiger partial charge on any atom is 0.274 e. The van der Waals surface area contributed by atoms with Crippen LogP contribution >= 0.6 is 0 Å². The zero-order valence-corrected chi connectivity index (χ0v) is 18.2. The lowest BCUT2D eigenvalue weighted by Gasteiger charge is -2.20. The molecule has 1 saturated heterocycles. The first-order valence-corrected chi connectivity index (χ1v) is 11.4. The standard InChI is InChI=1S/C27H28N4O/c32-27(30-16-9-10-17-30)26-24(31-18-8-7-15-25(31)29-26)20-28-23(22-13-5-2-6-14-22)19-21-11-3-1-4-12-21/h1-8,11-15,18,23,28H,9-10,16-17,19-20H2. The summed E-state index contributed by atoms with van der Waals surface area (Å²) in [6.07, 6.45) is 5.01. The highest BCUT2D eigenvalue weighted by molar-refractivity contribution is 5.94. The second kappa shape index (κ2) is 9.37. The molecule has 3 heterocycles. The Bertz CT molecular complexity index is 1180. The second-order valence-electron chi connectivity index (χ2n) is 8.37. The highest BCUT2D eigenvalue weighted by Crippen LogP contribution is 2.22. The van der Waals surface area contributed by atoms with Gasteiger partial charge in [-0.05, 0) is 42.5 Å². The maximum atomic E-state index is 13.3. The minimum atomic E-state index is 0.0438. The third-order valence-electron chi connectivity index (χ3n) is 6.23. The fourth-order valence-corrected chi connectivity index (χ4v) is 4.52. The van der Waals surface area contributed by atoms with E-state index in [4.69, 9.17) is 4.98 Å². The molecule has 2 aromatic heterocycles. The van der Waals surface area contributed by atoms with Crippen LogP contribution < -0.4 is 5.32 Å². The number of fused-ring (bicyclic) bond motifs is 1. The summed E-state index contributed by atoms with van der Waals surface area (Å²) in [6, 6.07) is 27.1. The van der Waals surface area contributed by atoms with Crippen LogP contribution in [0.15, 0.2) is 85.1 Å². The maximum absolute atomic E-state index is 13.3. The lowest BCUT2D eigenvalue weighted by atomic mass is 9.98. The average molecular weight is 425 g/mol. The van der Waals surface area contributed by atoms with E-state index < -0.39 is 0 Å². The average Bonchev–Trinajstić information content (AvgIpc) is 3.51.